The number of hydrogen-bond acceptors (Lipinski definition) is 2. The Kier molecular flexibility index (Phi) is 2.52. The van der Waals surface area contributed by atoms with Crippen molar-refractivity contribution in [1.82, 2.24) is 9.55 Å². The van der Waals surface area contributed by atoms with Gasteiger partial charge >= 0.3 is 0 Å². The third-order valence-corrected chi connectivity index (χ3v) is 2.29. The number of hydrogen-bond donors (Lipinski definition) is 1. The molecule has 0 aliphatic heterocycles. The minimum absolute atomic E-state index is 0.0990. The van der Waals surface area contributed by atoms with Crippen LogP contribution in [0.15, 0.2) is 36.7 Å². The average Bonchev–Trinajstić information content (AvgIpc) is 2.66. The summed E-state index contributed by atoms with van der Waals surface area (Å²) >= 11 is 6.01. The molecule has 0 saturated heterocycles. The fourth-order valence-corrected chi connectivity index (χ4v) is 1.54. The zero-order valence-electron chi connectivity index (χ0n) is 7.39. The van der Waals surface area contributed by atoms with Gasteiger partial charge in [0.1, 0.15) is 12.4 Å². The third kappa shape index (κ3) is 1.52. The van der Waals surface area contributed by atoms with Crippen molar-refractivity contribution in [3.05, 3.63) is 47.5 Å². The van der Waals surface area contributed by atoms with E-state index >= 15 is 0 Å². The molecule has 2 aromatic rings. The highest BCUT2D eigenvalue weighted by Gasteiger charge is 2.05. The second-order valence-electron chi connectivity index (χ2n) is 2.82. The highest BCUT2D eigenvalue weighted by molar-refractivity contribution is 6.32. The summed E-state index contributed by atoms with van der Waals surface area (Å²) in [6, 6.07) is 7.44. The third-order valence-electron chi connectivity index (χ3n) is 1.97. The minimum atomic E-state index is -0.0990. The lowest BCUT2D eigenvalue weighted by atomic mass is 10.3. The minimum Gasteiger partial charge on any atom is -0.388 e. The number of aromatic nitrogens is 2. The van der Waals surface area contributed by atoms with E-state index < -0.39 is 0 Å². The predicted octanol–water partition coefficient (Wildman–Crippen LogP) is 2.02. The van der Waals surface area contributed by atoms with Crippen LogP contribution in [0.5, 0.6) is 0 Å². The molecule has 0 bridgehead atoms. The standard InChI is InChI=1S/C10H9ClN2O/c11-8-3-1-2-4-9(8)13-6-5-12-10(13)7-14/h1-6,14H,7H2. The van der Waals surface area contributed by atoms with Crippen LogP contribution in [0.25, 0.3) is 5.69 Å². The van der Waals surface area contributed by atoms with Gasteiger partial charge in [-0.1, -0.05) is 23.7 Å². The van der Waals surface area contributed by atoms with Crippen LogP contribution >= 0.6 is 11.6 Å². The SMILES string of the molecule is OCc1nccn1-c1ccccc1Cl. The smallest absolute Gasteiger partial charge is 0.139 e. The molecule has 0 atom stereocenters. The van der Waals surface area contributed by atoms with E-state index in [0.717, 1.165) is 5.69 Å². The maximum Gasteiger partial charge on any atom is 0.139 e. The Morgan fingerprint density at radius 1 is 1.36 bits per heavy atom. The van der Waals surface area contributed by atoms with Crippen molar-refractivity contribution >= 4 is 11.6 Å². The molecule has 0 fully saturated rings. The molecule has 1 heterocycles. The average molecular weight is 209 g/mol. The van der Waals surface area contributed by atoms with Crippen molar-refractivity contribution in [3.63, 3.8) is 0 Å². The molecule has 0 aliphatic carbocycles. The summed E-state index contributed by atoms with van der Waals surface area (Å²) in [5.41, 5.74) is 0.829. The summed E-state index contributed by atoms with van der Waals surface area (Å²) in [4.78, 5) is 4.01. The molecule has 14 heavy (non-hydrogen) atoms. The van der Waals surface area contributed by atoms with E-state index in [1.807, 2.05) is 18.2 Å². The second-order valence-corrected chi connectivity index (χ2v) is 3.23. The monoisotopic (exact) mass is 208 g/mol. The van der Waals surface area contributed by atoms with Gasteiger partial charge in [-0.05, 0) is 12.1 Å². The molecule has 0 spiro atoms. The first-order valence-corrected chi connectivity index (χ1v) is 4.58. The van der Waals surface area contributed by atoms with Crippen molar-refractivity contribution in [2.24, 2.45) is 0 Å². The number of benzene rings is 1. The Morgan fingerprint density at radius 3 is 2.86 bits per heavy atom. The van der Waals surface area contributed by atoms with Crippen LogP contribution in [0.3, 0.4) is 0 Å². The fraction of sp³-hybridized carbons (Fsp3) is 0.100. The Labute approximate surface area is 86.6 Å². The number of para-hydroxylation sites is 1. The van der Waals surface area contributed by atoms with Crippen LogP contribution < -0.4 is 0 Å². The van der Waals surface area contributed by atoms with E-state index in [2.05, 4.69) is 4.98 Å². The molecule has 0 unspecified atom stereocenters. The van der Waals surface area contributed by atoms with E-state index in [4.69, 9.17) is 16.7 Å². The van der Waals surface area contributed by atoms with Crippen molar-refractivity contribution in [1.29, 1.82) is 0 Å². The van der Waals surface area contributed by atoms with Crippen LogP contribution in [0.4, 0.5) is 0 Å². The first-order chi connectivity index (χ1) is 6.83. The van der Waals surface area contributed by atoms with E-state index in [1.54, 1.807) is 23.0 Å². The van der Waals surface area contributed by atoms with Crippen LogP contribution in [-0.2, 0) is 6.61 Å². The van der Waals surface area contributed by atoms with Crippen molar-refractivity contribution in [2.45, 2.75) is 6.61 Å². The Bertz CT molecular complexity index is 439. The molecule has 0 saturated carbocycles. The first kappa shape index (κ1) is 9.24. The van der Waals surface area contributed by atoms with Gasteiger partial charge in [0, 0.05) is 12.4 Å². The van der Waals surface area contributed by atoms with Crippen molar-refractivity contribution in [2.75, 3.05) is 0 Å². The summed E-state index contributed by atoms with van der Waals surface area (Å²) in [5.74, 6) is 0.582. The maximum atomic E-state index is 9.03. The van der Waals surface area contributed by atoms with E-state index in [-0.39, 0.29) is 6.61 Å². The zero-order chi connectivity index (χ0) is 9.97. The number of nitrogens with zero attached hydrogens (tertiary/aromatic N) is 2. The quantitative estimate of drug-likeness (QED) is 0.820. The van der Waals surface area contributed by atoms with Gasteiger partial charge in [0.15, 0.2) is 0 Å². The van der Waals surface area contributed by atoms with Gasteiger partial charge in [0.2, 0.25) is 0 Å². The molecule has 2 rings (SSSR count). The summed E-state index contributed by atoms with van der Waals surface area (Å²) in [5, 5.41) is 9.67. The zero-order valence-corrected chi connectivity index (χ0v) is 8.15. The summed E-state index contributed by atoms with van der Waals surface area (Å²) < 4.78 is 1.77. The molecule has 72 valence electrons. The highest BCUT2D eigenvalue weighted by Crippen LogP contribution is 2.20. The van der Waals surface area contributed by atoms with E-state index in [1.165, 1.54) is 0 Å². The number of halogens is 1. The molecular weight excluding hydrogens is 200 g/mol. The lowest BCUT2D eigenvalue weighted by molar-refractivity contribution is 0.269. The number of imidazole rings is 1. The normalized spacial score (nSPS) is 10.4. The molecule has 1 N–H and O–H groups in total. The van der Waals surface area contributed by atoms with Gasteiger partial charge in [-0.2, -0.15) is 0 Å². The first-order valence-electron chi connectivity index (χ1n) is 4.21. The van der Waals surface area contributed by atoms with Gasteiger partial charge in [0.25, 0.3) is 0 Å². The van der Waals surface area contributed by atoms with Crippen LogP contribution in [-0.4, -0.2) is 14.7 Å². The molecule has 0 radical (unpaired) electrons. The topological polar surface area (TPSA) is 38.1 Å². The summed E-state index contributed by atoms with van der Waals surface area (Å²) in [6.07, 6.45) is 3.40. The lowest BCUT2D eigenvalue weighted by Gasteiger charge is -2.07. The lowest BCUT2D eigenvalue weighted by Crippen LogP contribution is -2.00. The molecule has 3 nitrogen and oxygen atoms in total. The van der Waals surface area contributed by atoms with Crippen molar-refractivity contribution in [3.8, 4) is 5.69 Å². The van der Waals surface area contributed by atoms with Gasteiger partial charge in [-0.3, -0.25) is 0 Å². The Hall–Kier alpha value is -1.32. The summed E-state index contributed by atoms with van der Waals surface area (Å²) in [7, 11) is 0. The molecule has 0 aliphatic rings. The van der Waals surface area contributed by atoms with Crippen LogP contribution in [0.1, 0.15) is 5.82 Å². The van der Waals surface area contributed by atoms with E-state index in [9.17, 15) is 0 Å². The Morgan fingerprint density at radius 2 is 2.14 bits per heavy atom. The number of aliphatic hydroxyl groups is 1. The predicted molar refractivity (Wildman–Crippen MR) is 54.5 cm³/mol. The van der Waals surface area contributed by atoms with E-state index in [0.29, 0.717) is 10.8 Å². The molecule has 1 aromatic carbocycles. The van der Waals surface area contributed by atoms with Crippen LogP contribution in [0.2, 0.25) is 5.02 Å². The highest BCUT2D eigenvalue weighted by atomic mass is 35.5. The molecule has 0 amide bonds. The molecular formula is C10H9ClN2O. The fourth-order valence-electron chi connectivity index (χ4n) is 1.32. The summed E-state index contributed by atoms with van der Waals surface area (Å²) in [6.45, 7) is -0.0990. The largest absolute Gasteiger partial charge is 0.388 e. The van der Waals surface area contributed by atoms with Crippen LogP contribution in [0, 0.1) is 0 Å². The van der Waals surface area contributed by atoms with Gasteiger partial charge < -0.3 is 9.67 Å². The molecule has 4 heteroatoms. The van der Waals surface area contributed by atoms with Gasteiger partial charge in [-0.15, -0.1) is 0 Å². The second kappa shape index (κ2) is 3.82. The molecule has 1 aromatic heterocycles. The van der Waals surface area contributed by atoms with Gasteiger partial charge in [-0.25, -0.2) is 4.98 Å². The van der Waals surface area contributed by atoms with Gasteiger partial charge in [0.05, 0.1) is 10.7 Å². The van der Waals surface area contributed by atoms with Crippen molar-refractivity contribution < 1.29 is 5.11 Å². The Balaban J connectivity index is 2.54. The number of aliphatic hydroxyl groups excluding tert-OH is 1. The number of rotatable bonds is 2. The maximum absolute atomic E-state index is 9.03.